The van der Waals surface area contributed by atoms with Crippen molar-refractivity contribution in [3.8, 4) is 0 Å². The highest BCUT2D eigenvalue weighted by molar-refractivity contribution is 5.01. The predicted octanol–water partition coefficient (Wildman–Crippen LogP) is 1.11. The van der Waals surface area contributed by atoms with Crippen molar-refractivity contribution in [1.29, 1.82) is 0 Å². The van der Waals surface area contributed by atoms with Crippen LogP contribution in [0.4, 0.5) is 0 Å². The fourth-order valence-electron chi connectivity index (χ4n) is 0.670. The lowest BCUT2D eigenvalue weighted by Gasteiger charge is -2.18. The Bertz CT molecular complexity index is 108. The minimum absolute atomic E-state index is 0.349. The summed E-state index contributed by atoms with van der Waals surface area (Å²) in [6, 6.07) is 0.825. The first-order chi connectivity index (χ1) is 4.57. The molecule has 1 atom stereocenters. The molecule has 10 heavy (non-hydrogen) atoms. The molecule has 0 saturated carbocycles. The van der Waals surface area contributed by atoms with Gasteiger partial charge in [0.25, 0.3) is 0 Å². The van der Waals surface area contributed by atoms with Gasteiger partial charge in [-0.3, -0.25) is 0 Å². The Morgan fingerprint density at radius 1 is 1.30 bits per heavy atom. The van der Waals surface area contributed by atoms with E-state index in [9.17, 15) is 0 Å². The molecular formula is C8H18N2. The molecule has 0 amide bonds. The summed E-state index contributed by atoms with van der Waals surface area (Å²) in [5, 5.41) is 6.34. The summed E-state index contributed by atoms with van der Waals surface area (Å²) in [7, 11) is 1.93. The maximum absolute atomic E-state index is 3.89. The topological polar surface area (TPSA) is 24.1 Å². The Hall–Kier alpha value is -0.500. The lowest BCUT2D eigenvalue weighted by Crippen LogP contribution is -2.34. The number of hydrogen-bond donors (Lipinski definition) is 2. The second-order valence-electron chi connectivity index (χ2n) is 2.83. The van der Waals surface area contributed by atoms with Crippen LogP contribution in [-0.4, -0.2) is 19.1 Å². The number of nitrogens with one attached hydrogen (secondary N) is 2. The number of likely N-dealkylation sites (N-methyl/N-ethyl adjacent to an activating group) is 1. The van der Waals surface area contributed by atoms with E-state index in [2.05, 4.69) is 38.0 Å². The highest BCUT2D eigenvalue weighted by Crippen LogP contribution is 1.94. The van der Waals surface area contributed by atoms with Crippen LogP contribution < -0.4 is 10.6 Å². The molecule has 0 aromatic carbocycles. The van der Waals surface area contributed by atoms with Crippen molar-refractivity contribution in [1.82, 2.24) is 10.6 Å². The molecular weight excluding hydrogens is 124 g/mol. The lowest BCUT2D eigenvalue weighted by molar-refractivity contribution is 0.579. The third kappa shape index (κ3) is 3.51. The molecule has 0 rings (SSSR count). The number of rotatable bonds is 4. The molecule has 0 fully saturated rings. The highest BCUT2D eigenvalue weighted by atomic mass is 15.0. The van der Waals surface area contributed by atoms with E-state index in [-0.39, 0.29) is 0 Å². The summed E-state index contributed by atoms with van der Waals surface area (Å²) in [5.41, 5.74) is 1.05. The zero-order chi connectivity index (χ0) is 8.15. The van der Waals surface area contributed by atoms with Crippen molar-refractivity contribution in [3.63, 3.8) is 0 Å². The predicted molar refractivity (Wildman–Crippen MR) is 45.9 cm³/mol. The first-order valence-electron chi connectivity index (χ1n) is 3.70. The fourth-order valence-corrected chi connectivity index (χ4v) is 0.670. The van der Waals surface area contributed by atoms with Crippen molar-refractivity contribution >= 4 is 0 Å². The average Bonchev–Trinajstić information content (AvgIpc) is 1.85. The van der Waals surface area contributed by atoms with Crippen LogP contribution in [0.2, 0.25) is 0 Å². The molecule has 0 aromatic rings. The monoisotopic (exact) mass is 142 g/mol. The highest BCUT2D eigenvalue weighted by Gasteiger charge is 2.02. The molecule has 2 heteroatoms. The molecule has 0 unspecified atom stereocenters. The molecule has 0 aliphatic heterocycles. The lowest BCUT2D eigenvalue weighted by atomic mass is 10.2. The van der Waals surface area contributed by atoms with E-state index < -0.39 is 0 Å². The van der Waals surface area contributed by atoms with E-state index in [0.717, 1.165) is 5.70 Å². The standard InChI is InChI=1S/C8H18N2/c1-6(2)10-8(4)7(3)9-5/h6-7,9-10H,4H2,1-3,5H3/t7-/m1/s1. The van der Waals surface area contributed by atoms with Gasteiger partial charge in [0.2, 0.25) is 0 Å². The van der Waals surface area contributed by atoms with E-state index in [1.54, 1.807) is 0 Å². The smallest absolute Gasteiger partial charge is 0.0432 e. The Labute approximate surface area is 63.7 Å². The Morgan fingerprint density at radius 2 is 1.80 bits per heavy atom. The van der Waals surface area contributed by atoms with Crippen LogP contribution in [-0.2, 0) is 0 Å². The number of hydrogen-bond acceptors (Lipinski definition) is 2. The summed E-state index contributed by atoms with van der Waals surface area (Å²) >= 11 is 0. The second-order valence-corrected chi connectivity index (χ2v) is 2.83. The molecule has 0 aromatic heterocycles. The molecule has 60 valence electrons. The van der Waals surface area contributed by atoms with Gasteiger partial charge in [0.1, 0.15) is 0 Å². The van der Waals surface area contributed by atoms with Gasteiger partial charge in [-0.15, -0.1) is 0 Å². The van der Waals surface area contributed by atoms with Crippen molar-refractivity contribution in [2.75, 3.05) is 7.05 Å². The SMILES string of the molecule is C=C(NC(C)C)[C@@H](C)NC. The summed E-state index contributed by atoms with van der Waals surface area (Å²) in [4.78, 5) is 0. The molecule has 0 saturated heterocycles. The fraction of sp³-hybridized carbons (Fsp3) is 0.750. The van der Waals surface area contributed by atoms with Gasteiger partial charge in [0.15, 0.2) is 0 Å². The minimum Gasteiger partial charge on any atom is -0.385 e. The quantitative estimate of drug-likeness (QED) is 0.614. The van der Waals surface area contributed by atoms with E-state index in [1.807, 2.05) is 7.05 Å². The van der Waals surface area contributed by atoms with Crippen LogP contribution in [0.15, 0.2) is 12.3 Å². The Kier molecular flexibility index (Phi) is 4.12. The minimum atomic E-state index is 0.349. The van der Waals surface area contributed by atoms with E-state index in [4.69, 9.17) is 0 Å². The summed E-state index contributed by atoms with van der Waals surface area (Å²) < 4.78 is 0. The molecule has 2 N–H and O–H groups in total. The summed E-state index contributed by atoms with van der Waals surface area (Å²) in [6.45, 7) is 10.2. The Balaban J connectivity index is 3.62. The first kappa shape index (κ1) is 9.50. The van der Waals surface area contributed by atoms with Gasteiger partial charge < -0.3 is 10.6 Å². The zero-order valence-corrected chi connectivity index (χ0v) is 7.36. The van der Waals surface area contributed by atoms with E-state index in [0.29, 0.717) is 12.1 Å². The molecule has 0 bridgehead atoms. The summed E-state index contributed by atoms with van der Waals surface area (Å²) in [6.07, 6.45) is 0. The van der Waals surface area contributed by atoms with Crippen molar-refractivity contribution in [2.24, 2.45) is 0 Å². The molecule has 0 aliphatic rings. The van der Waals surface area contributed by atoms with Crippen LogP contribution in [0.1, 0.15) is 20.8 Å². The van der Waals surface area contributed by atoms with Crippen molar-refractivity contribution < 1.29 is 0 Å². The normalized spacial score (nSPS) is 13.3. The maximum atomic E-state index is 3.89. The zero-order valence-electron chi connectivity index (χ0n) is 7.36. The van der Waals surface area contributed by atoms with Gasteiger partial charge in [-0.25, -0.2) is 0 Å². The maximum Gasteiger partial charge on any atom is 0.0432 e. The third-order valence-corrected chi connectivity index (χ3v) is 1.43. The van der Waals surface area contributed by atoms with Crippen molar-refractivity contribution in [3.05, 3.63) is 12.3 Å². The van der Waals surface area contributed by atoms with Gasteiger partial charge in [0, 0.05) is 17.8 Å². The van der Waals surface area contributed by atoms with Gasteiger partial charge in [0.05, 0.1) is 0 Å². The largest absolute Gasteiger partial charge is 0.385 e. The van der Waals surface area contributed by atoms with Crippen LogP contribution in [0.25, 0.3) is 0 Å². The third-order valence-electron chi connectivity index (χ3n) is 1.43. The van der Waals surface area contributed by atoms with E-state index in [1.165, 1.54) is 0 Å². The van der Waals surface area contributed by atoms with E-state index >= 15 is 0 Å². The first-order valence-corrected chi connectivity index (χ1v) is 3.70. The van der Waals surface area contributed by atoms with Crippen LogP contribution >= 0.6 is 0 Å². The average molecular weight is 142 g/mol. The molecule has 2 nitrogen and oxygen atoms in total. The Morgan fingerprint density at radius 3 is 2.10 bits per heavy atom. The van der Waals surface area contributed by atoms with Crippen molar-refractivity contribution in [2.45, 2.75) is 32.9 Å². The van der Waals surface area contributed by atoms with Crippen LogP contribution in [0.3, 0.4) is 0 Å². The van der Waals surface area contributed by atoms with Gasteiger partial charge in [-0.05, 0) is 27.8 Å². The van der Waals surface area contributed by atoms with Gasteiger partial charge in [-0.1, -0.05) is 6.58 Å². The van der Waals surface area contributed by atoms with Crippen LogP contribution in [0, 0.1) is 0 Å². The van der Waals surface area contributed by atoms with Gasteiger partial charge in [-0.2, -0.15) is 0 Å². The molecule has 0 heterocycles. The second kappa shape index (κ2) is 4.34. The van der Waals surface area contributed by atoms with Crippen LogP contribution in [0.5, 0.6) is 0 Å². The van der Waals surface area contributed by atoms with Gasteiger partial charge >= 0.3 is 0 Å². The summed E-state index contributed by atoms with van der Waals surface area (Å²) in [5.74, 6) is 0. The molecule has 0 radical (unpaired) electrons. The molecule has 0 spiro atoms. The molecule has 0 aliphatic carbocycles.